The molecule has 15 heavy (non-hydrogen) atoms. The first-order valence-electron chi connectivity index (χ1n) is 6.12. The van der Waals surface area contributed by atoms with Crippen molar-refractivity contribution in [3.8, 4) is 0 Å². The number of rotatable bonds is 6. The Kier molecular flexibility index (Phi) is 5.03. The molecule has 3 nitrogen and oxygen atoms in total. The van der Waals surface area contributed by atoms with E-state index in [1.807, 2.05) is 0 Å². The fraction of sp³-hybridized carbons (Fsp3) is 1.00. The fourth-order valence-corrected chi connectivity index (χ4v) is 2.34. The van der Waals surface area contributed by atoms with Crippen molar-refractivity contribution in [2.75, 3.05) is 13.2 Å². The van der Waals surface area contributed by atoms with Gasteiger partial charge in [-0.3, -0.25) is 0 Å². The van der Waals surface area contributed by atoms with Crippen LogP contribution in [0, 0.1) is 5.92 Å². The molecule has 1 unspecified atom stereocenters. The van der Waals surface area contributed by atoms with Crippen LogP contribution in [0.25, 0.3) is 0 Å². The number of aliphatic hydroxyl groups is 2. The average Bonchev–Trinajstić information content (AvgIpc) is 2.60. The van der Waals surface area contributed by atoms with Crippen molar-refractivity contribution in [3.63, 3.8) is 0 Å². The van der Waals surface area contributed by atoms with Crippen LogP contribution in [0.5, 0.6) is 0 Å². The second kappa shape index (κ2) is 5.83. The van der Waals surface area contributed by atoms with Gasteiger partial charge in [-0.2, -0.15) is 0 Å². The molecule has 0 aliphatic heterocycles. The molecule has 0 bridgehead atoms. The van der Waals surface area contributed by atoms with E-state index in [9.17, 15) is 10.2 Å². The third kappa shape index (κ3) is 4.49. The predicted octanol–water partition coefficient (Wildman–Crippen LogP) is 1.29. The van der Waals surface area contributed by atoms with Crippen LogP contribution in [0.2, 0.25) is 0 Å². The Hall–Kier alpha value is -0.120. The van der Waals surface area contributed by atoms with Crippen LogP contribution < -0.4 is 5.32 Å². The molecule has 1 rings (SSSR count). The van der Waals surface area contributed by atoms with Crippen molar-refractivity contribution in [3.05, 3.63) is 0 Å². The first-order valence-corrected chi connectivity index (χ1v) is 6.12. The minimum atomic E-state index is -0.510. The van der Waals surface area contributed by atoms with Gasteiger partial charge in [0.2, 0.25) is 0 Å². The second-order valence-corrected chi connectivity index (χ2v) is 5.32. The van der Waals surface area contributed by atoms with E-state index in [4.69, 9.17) is 0 Å². The van der Waals surface area contributed by atoms with Gasteiger partial charge >= 0.3 is 0 Å². The smallest absolute Gasteiger partial charge is 0.0771 e. The molecule has 1 atom stereocenters. The van der Waals surface area contributed by atoms with E-state index in [0.717, 1.165) is 32.1 Å². The monoisotopic (exact) mass is 215 g/mol. The SMILES string of the molecule is CC(C)CC(CO)NCC1(O)CCCC1. The van der Waals surface area contributed by atoms with Crippen LogP contribution in [0.15, 0.2) is 0 Å². The highest BCUT2D eigenvalue weighted by molar-refractivity contribution is 4.87. The zero-order chi connectivity index (χ0) is 11.3. The molecular weight excluding hydrogens is 190 g/mol. The Morgan fingerprint density at radius 2 is 1.87 bits per heavy atom. The Balaban J connectivity index is 2.26. The van der Waals surface area contributed by atoms with Gasteiger partial charge in [0.15, 0.2) is 0 Å². The third-order valence-corrected chi connectivity index (χ3v) is 3.23. The molecule has 0 spiro atoms. The summed E-state index contributed by atoms with van der Waals surface area (Å²) < 4.78 is 0. The lowest BCUT2D eigenvalue weighted by Gasteiger charge is -2.26. The summed E-state index contributed by atoms with van der Waals surface area (Å²) >= 11 is 0. The molecule has 3 N–H and O–H groups in total. The zero-order valence-corrected chi connectivity index (χ0v) is 10.00. The number of hydrogen-bond donors (Lipinski definition) is 3. The van der Waals surface area contributed by atoms with E-state index < -0.39 is 5.60 Å². The van der Waals surface area contributed by atoms with Crippen molar-refractivity contribution in [2.45, 2.75) is 57.6 Å². The molecule has 0 heterocycles. The fourth-order valence-electron chi connectivity index (χ4n) is 2.34. The molecule has 0 saturated heterocycles. The van der Waals surface area contributed by atoms with Crippen molar-refractivity contribution < 1.29 is 10.2 Å². The predicted molar refractivity (Wildman–Crippen MR) is 61.7 cm³/mol. The lowest BCUT2D eigenvalue weighted by Crippen LogP contribution is -2.44. The summed E-state index contributed by atoms with van der Waals surface area (Å²) in [6.45, 7) is 5.09. The van der Waals surface area contributed by atoms with Gasteiger partial charge in [0, 0.05) is 12.6 Å². The van der Waals surface area contributed by atoms with Crippen LogP contribution in [-0.4, -0.2) is 35.0 Å². The average molecular weight is 215 g/mol. The maximum atomic E-state index is 10.1. The Labute approximate surface area is 92.9 Å². The molecule has 1 fully saturated rings. The van der Waals surface area contributed by atoms with Crippen LogP contribution in [-0.2, 0) is 0 Å². The molecule has 0 aromatic rings. The van der Waals surface area contributed by atoms with Gasteiger partial charge < -0.3 is 15.5 Å². The topological polar surface area (TPSA) is 52.5 Å². The van der Waals surface area contributed by atoms with Crippen molar-refractivity contribution in [1.82, 2.24) is 5.32 Å². The highest BCUT2D eigenvalue weighted by Gasteiger charge is 2.31. The summed E-state index contributed by atoms with van der Waals surface area (Å²) in [5.41, 5.74) is -0.510. The standard InChI is InChI=1S/C12H25NO2/c1-10(2)7-11(8-14)13-9-12(15)5-3-4-6-12/h10-11,13-15H,3-9H2,1-2H3. The molecule has 0 aromatic heterocycles. The van der Waals surface area contributed by atoms with Crippen LogP contribution in [0.1, 0.15) is 46.0 Å². The van der Waals surface area contributed by atoms with Gasteiger partial charge in [-0.15, -0.1) is 0 Å². The molecule has 0 aromatic carbocycles. The van der Waals surface area contributed by atoms with E-state index in [-0.39, 0.29) is 12.6 Å². The Morgan fingerprint density at radius 3 is 2.33 bits per heavy atom. The van der Waals surface area contributed by atoms with E-state index in [1.165, 1.54) is 0 Å². The molecule has 3 heteroatoms. The number of nitrogens with one attached hydrogen (secondary N) is 1. The normalized spacial score (nSPS) is 22.2. The van der Waals surface area contributed by atoms with Crippen molar-refractivity contribution in [2.24, 2.45) is 5.92 Å². The van der Waals surface area contributed by atoms with Gasteiger partial charge in [0.25, 0.3) is 0 Å². The number of aliphatic hydroxyl groups excluding tert-OH is 1. The van der Waals surface area contributed by atoms with Gasteiger partial charge in [0.1, 0.15) is 0 Å². The van der Waals surface area contributed by atoms with Crippen molar-refractivity contribution in [1.29, 1.82) is 0 Å². The van der Waals surface area contributed by atoms with Gasteiger partial charge in [0.05, 0.1) is 12.2 Å². The van der Waals surface area contributed by atoms with Crippen molar-refractivity contribution >= 4 is 0 Å². The first-order chi connectivity index (χ1) is 7.06. The van der Waals surface area contributed by atoms with Crippen LogP contribution >= 0.6 is 0 Å². The lowest BCUT2D eigenvalue weighted by molar-refractivity contribution is 0.0413. The zero-order valence-electron chi connectivity index (χ0n) is 10.00. The molecule has 1 aliphatic carbocycles. The summed E-state index contributed by atoms with van der Waals surface area (Å²) in [5.74, 6) is 0.577. The maximum Gasteiger partial charge on any atom is 0.0771 e. The minimum Gasteiger partial charge on any atom is -0.395 e. The van der Waals surface area contributed by atoms with E-state index in [2.05, 4.69) is 19.2 Å². The first kappa shape index (κ1) is 12.9. The quantitative estimate of drug-likeness (QED) is 0.626. The summed E-state index contributed by atoms with van der Waals surface area (Å²) in [5, 5.41) is 22.6. The minimum absolute atomic E-state index is 0.134. The largest absolute Gasteiger partial charge is 0.395 e. The third-order valence-electron chi connectivity index (χ3n) is 3.23. The Bertz CT molecular complexity index is 176. The van der Waals surface area contributed by atoms with Crippen LogP contribution in [0.3, 0.4) is 0 Å². The van der Waals surface area contributed by atoms with E-state index in [0.29, 0.717) is 12.5 Å². The highest BCUT2D eigenvalue weighted by Crippen LogP contribution is 2.28. The highest BCUT2D eigenvalue weighted by atomic mass is 16.3. The molecule has 90 valence electrons. The van der Waals surface area contributed by atoms with E-state index >= 15 is 0 Å². The molecule has 1 aliphatic rings. The molecule has 1 saturated carbocycles. The van der Waals surface area contributed by atoms with Gasteiger partial charge in [-0.05, 0) is 25.2 Å². The molecule has 0 amide bonds. The maximum absolute atomic E-state index is 10.1. The lowest BCUT2D eigenvalue weighted by atomic mass is 10.00. The second-order valence-electron chi connectivity index (χ2n) is 5.32. The molecular formula is C12H25NO2. The Morgan fingerprint density at radius 1 is 1.27 bits per heavy atom. The summed E-state index contributed by atoms with van der Waals surface area (Å²) in [6.07, 6.45) is 5.03. The van der Waals surface area contributed by atoms with Gasteiger partial charge in [-0.1, -0.05) is 26.7 Å². The van der Waals surface area contributed by atoms with E-state index in [1.54, 1.807) is 0 Å². The summed E-state index contributed by atoms with van der Waals surface area (Å²) in [6, 6.07) is 0.134. The summed E-state index contributed by atoms with van der Waals surface area (Å²) in [4.78, 5) is 0. The van der Waals surface area contributed by atoms with Crippen LogP contribution in [0.4, 0.5) is 0 Å². The summed E-state index contributed by atoms with van der Waals surface area (Å²) in [7, 11) is 0. The number of hydrogen-bond acceptors (Lipinski definition) is 3. The molecule has 0 radical (unpaired) electrons. The van der Waals surface area contributed by atoms with Gasteiger partial charge in [-0.25, -0.2) is 0 Å².